The summed E-state index contributed by atoms with van der Waals surface area (Å²) in [6.45, 7) is 2.14. The largest absolute Gasteiger partial charge is 0.392 e. The van der Waals surface area contributed by atoms with Crippen LogP contribution in [-0.4, -0.2) is 28.8 Å². The van der Waals surface area contributed by atoms with Gasteiger partial charge in [0.05, 0.1) is 6.10 Å². The van der Waals surface area contributed by atoms with Crippen LogP contribution in [0.1, 0.15) is 6.92 Å². The minimum atomic E-state index is -0.525. The lowest BCUT2D eigenvalue weighted by Gasteiger charge is -2.14. The molecule has 4 nitrogen and oxygen atoms in total. The second kappa shape index (κ2) is 4.76. The van der Waals surface area contributed by atoms with Gasteiger partial charge >= 0.3 is 0 Å². The van der Waals surface area contributed by atoms with Crippen molar-refractivity contribution in [2.45, 2.75) is 19.1 Å². The van der Waals surface area contributed by atoms with Crippen LogP contribution in [0.25, 0.3) is 0 Å². The van der Waals surface area contributed by atoms with E-state index in [1.807, 2.05) is 0 Å². The first-order valence-electron chi connectivity index (χ1n) is 3.88. The van der Waals surface area contributed by atoms with Gasteiger partial charge in [-0.1, -0.05) is 11.6 Å². The van der Waals surface area contributed by atoms with Crippen molar-refractivity contribution in [2.24, 2.45) is 5.73 Å². The molecule has 1 rings (SSSR count). The Labute approximate surface area is 85.7 Å². The number of hydrogen-bond donors (Lipinski definition) is 3. The summed E-state index contributed by atoms with van der Waals surface area (Å²) < 4.78 is 0. The zero-order valence-corrected chi connectivity index (χ0v) is 8.77. The number of aliphatic hydroxyl groups is 1. The number of aromatic nitrogens is 1. The van der Waals surface area contributed by atoms with Crippen LogP contribution in [-0.2, 0) is 0 Å². The van der Waals surface area contributed by atoms with Gasteiger partial charge in [-0.2, -0.15) is 0 Å². The van der Waals surface area contributed by atoms with Crippen LogP contribution in [0.4, 0.5) is 5.13 Å². The van der Waals surface area contributed by atoms with Gasteiger partial charge in [0.1, 0.15) is 5.15 Å². The number of halogens is 1. The number of nitrogens with one attached hydrogen (secondary N) is 1. The summed E-state index contributed by atoms with van der Waals surface area (Å²) in [6.07, 6.45) is -0.525. The van der Waals surface area contributed by atoms with Gasteiger partial charge in [0.2, 0.25) is 0 Å². The highest BCUT2D eigenvalue weighted by atomic mass is 35.5. The average molecular weight is 222 g/mol. The average Bonchev–Trinajstić information content (AvgIpc) is 2.47. The predicted molar refractivity (Wildman–Crippen MR) is 55.3 cm³/mol. The maximum atomic E-state index is 9.10. The van der Waals surface area contributed by atoms with E-state index < -0.39 is 6.10 Å². The molecule has 6 heteroatoms. The first kappa shape index (κ1) is 10.7. The number of aliphatic hydroxyl groups excluding tert-OH is 1. The van der Waals surface area contributed by atoms with Crippen molar-refractivity contribution < 1.29 is 5.11 Å². The molecule has 2 atom stereocenters. The van der Waals surface area contributed by atoms with E-state index in [0.717, 1.165) is 5.13 Å². The number of rotatable bonds is 4. The van der Waals surface area contributed by atoms with E-state index in [1.165, 1.54) is 11.3 Å². The van der Waals surface area contributed by atoms with Gasteiger partial charge in [-0.15, -0.1) is 11.3 Å². The molecule has 0 fully saturated rings. The summed E-state index contributed by atoms with van der Waals surface area (Å²) in [4.78, 5) is 3.98. The summed E-state index contributed by atoms with van der Waals surface area (Å²) in [5.74, 6) is 0. The van der Waals surface area contributed by atoms with E-state index in [-0.39, 0.29) is 6.04 Å². The molecular weight excluding hydrogens is 210 g/mol. The SMILES string of the molecule is CC(O)C(N)CNc1nc(Cl)cs1. The quantitative estimate of drug-likeness (QED) is 0.707. The van der Waals surface area contributed by atoms with Crippen LogP contribution in [0.2, 0.25) is 5.15 Å². The highest BCUT2D eigenvalue weighted by Gasteiger charge is 2.09. The van der Waals surface area contributed by atoms with Crippen LogP contribution >= 0.6 is 22.9 Å². The fourth-order valence-electron chi connectivity index (χ4n) is 0.711. The molecule has 0 saturated carbocycles. The van der Waals surface area contributed by atoms with Crippen molar-refractivity contribution in [1.82, 2.24) is 4.98 Å². The maximum Gasteiger partial charge on any atom is 0.184 e. The van der Waals surface area contributed by atoms with Crippen LogP contribution < -0.4 is 11.1 Å². The smallest absolute Gasteiger partial charge is 0.184 e. The summed E-state index contributed by atoms with van der Waals surface area (Å²) in [7, 11) is 0. The third-order valence-electron chi connectivity index (χ3n) is 1.58. The Morgan fingerprint density at radius 2 is 2.54 bits per heavy atom. The van der Waals surface area contributed by atoms with Gasteiger partial charge in [-0.25, -0.2) is 4.98 Å². The molecule has 0 spiro atoms. The van der Waals surface area contributed by atoms with Crippen molar-refractivity contribution in [3.63, 3.8) is 0 Å². The summed E-state index contributed by atoms with van der Waals surface area (Å²) >= 11 is 7.03. The maximum absolute atomic E-state index is 9.10. The van der Waals surface area contributed by atoms with Gasteiger partial charge in [-0.3, -0.25) is 0 Å². The first-order chi connectivity index (χ1) is 6.09. The van der Waals surface area contributed by atoms with Crippen LogP contribution in [0.15, 0.2) is 5.38 Å². The lowest BCUT2D eigenvalue weighted by Crippen LogP contribution is -2.38. The Balaban J connectivity index is 2.35. The van der Waals surface area contributed by atoms with Crippen LogP contribution in [0.5, 0.6) is 0 Å². The highest BCUT2D eigenvalue weighted by Crippen LogP contribution is 2.18. The highest BCUT2D eigenvalue weighted by molar-refractivity contribution is 7.14. The fraction of sp³-hybridized carbons (Fsp3) is 0.571. The second-order valence-corrected chi connectivity index (χ2v) is 4.01. The molecule has 0 bridgehead atoms. The molecule has 0 saturated heterocycles. The van der Waals surface area contributed by atoms with E-state index in [9.17, 15) is 0 Å². The molecule has 1 aromatic rings. The van der Waals surface area contributed by atoms with E-state index in [1.54, 1.807) is 12.3 Å². The summed E-state index contributed by atoms with van der Waals surface area (Å²) in [5, 5.41) is 15.0. The minimum Gasteiger partial charge on any atom is -0.392 e. The summed E-state index contributed by atoms with van der Waals surface area (Å²) in [6, 6.07) is -0.289. The normalized spacial score (nSPS) is 15.4. The molecule has 0 aliphatic heterocycles. The number of nitrogens with two attached hydrogens (primary N) is 1. The molecule has 1 heterocycles. The van der Waals surface area contributed by atoms with Gasteiger partial charge < -0.3 is 16.2 Å². The van der Waals surface area contributed by atoms with E-state index in [2.05, 4.69) is 10.3 Å². The summed E-state index contributed by atoms with van der Waals surface area (Å²) in [5.41, 5.74) is 5.60. The Bertz CT molecular complexity index is 266. The Morgan fingerprint density at radius 1 is 1.85 bits per heavy atom. The number of anilines is 1. The number of thiazole rings is 1. The molecule has 1 aromatic heterocycles. The third-order valence-corrected chi connectivity index (χ3v) is 2.71. The Hall–Kier alpha value is -0.360. The third kappa shape index (κ3) is 3.48. The molecule has 4 N–H and O–H groups in total. The fourth-order valence-corrected chi connectivity index (χ4v) is 1.56. The van der Waals surface area contributed by atoms with Crippen molar-refractivity contribution in [3.8, 4) is 0 Å². The molecule has 13 heavy (non-hydrogen) atoms. The van der Waals surface area contributed by atoms with Gasteiger partial charge in [0.15, 0.2) is 5.13 Å². The van der Waals surface area contributed by atoms with Crippen molar-refractivity contribution in [2.75, 3.05) is 11.9 Å². The monoisotopic (exact) mass is 221 g/mol. The zero-order valence-electron chi connectivity index (χ0n) is 7.20. The van der Waals surface area contributed by atoms with Crippen LogP contribution in [0.3, 0.4) is 0 Å². The molecule has 0 amide bonds. The Morgan fingerprint density at radius 3 is 3.00 bits per heavy atom. The Kier molecular flexibility index (Phi) is 3.92. The topological polar surface area (TPSA) is 71.2 Å². The molecule has 0 radical (unpaired) electrons. The minimum absolute atomic E-state index is 0.289. The van der Waals surface area contributed by atoms with E-state index in [0.29, 0.717) is 11.7 Å². The standard InChI is InChI=1S/C7H12ClN3OS/c1-4(12)5(9)2-10-7-11-6(8)3-13-7/h3-5,12H,2,9H2,1H3,(H,10,11). The zero-order chi connectivity index (χ0) is 9.84. The van der Waals surface area contributed by atoms with Crippen LogP contribution in [0, 0.1) is 0 Å². The van der Waals surface area contributed by atoms with Crippen molar-refractivity contribution in [1.29, 1.82) is 0 Å². The van der Waals surface area contributed by atoms with Crippen molar-refractivity contribution in [3.05, 3.63) is 10.5 Å². The van der Waals surface area contributed by atoms with Gasteiger partial charge in [0, 0.05) is 18.0 Å². The molecule has 0 aromatic carbocycles. The van der Waals surface area contributed by atoms with E-state index >= 15 is 0 Å². The molecular formula is C7H12ClN3OS. The van der Waals surface area contributed by atoms with Crippen molar-refractivity contribution >= 4 is 28.1 Å². The second-order valence-electron chi connectivity index (χ2n) is 2.76. The van der Waals surface area contributed by atoms with E-state index in [4.69, 9.17) is 22.4 Å². The van der Waals surface area contributed by atoms with Gasteiger partial charge in [-0.05, 0) is 6.92 Å². The molecule has 2 unspecified atom stereocenters. The lowest BCUT2D eigenvalue weighted by molar-refractivity contribution is 0.168. The predicted octanol–water partition coefficient (Wildman–Crippen LogP) is 0.916. The molecule has 74 valence electrons. The first-order valence-corrected chi connectivity index (χ1v) is 5.14. The lowest BCUT2D eigenvalue weighted by atomic mass is 10.2. The number of nitrogens with zero attached hydrogens (tertiary/aromatic N) is 1. The molecule has 0 aliphatic rings. The number of hydrogen-bond acceptors (Lipinski definition) is 5. The molecule has 0 aliphatic carbocycles. The van der Waals surface area contributed by atoms with Gasteiger partial charge in [0.25, 0.3) is 0 Å².